The van der Waals surface area contributed by atoms with E-state index >= 15 is 0 Å². The molecule has 0 aliphatic rings. The van der Waals surface area contributed by atoms with E-state index in [0.29, 0.717) is 0 Å². The third-order valence-corrected chi connectivity index (χ3v) is 9.68. The Labute approximate surface area is 292 Å². The first kappa shape index (κ1) is 29.5. The Bertz CT molecular complexity index is 2630. The number of para-hydroxylation sites is 3. The lowest BCUT2D eigenvalue weighted by Gasteiger charge is -2.14. The number of hydrogen-bond acceptors (Lipinski definition) is 0. The van der Waals surface area contributed by atoms with Gasteiger partial charge in [0.2, 0.25) is 0 Å². The molecule has 9 aromatic rings. The highest BCUT2D eigenvalue weighted by atomic mass is 15.0. The summed E-state index contributed by atoms with van der Waals surface area (Å²) in [7, 11) is 0. The van der Waals surface area contributed by atoms with Gasteiger partial charge < -0.3 is 9.13 Å². The van der Waals surface area contributed by atoms with Gasteiger partial charge in [-0.2, -0.15) is 0 Å². The van der Waals surface area contributed by atoms with Crippen LogP contribution in [0, 0.1) is 0 Å². The van der Waals surface area contributed by atoms with Gasteiger partial charge in [0, 0.05) is 33.2 Å². The van der Waals surface area contributed by atoms with Crippen LogP contribution < -0.4 is 0 Å². The van der Waals surface area contributed by atoms with Crippen molar-refractivity contribution in [3.05, 3.63) is 200 Å². The van der Waals surface area contributed by atoms with Gasteiger partial charge in [-0.15, -0.1) is 0 Å². The zero-order chi connectivity index (χ0) is 33.4. The van der Waals surface area contributed by atoms with Crippen molar-refractivity contribution in [3.8, 4) is 44.8 Å². The molecule has 2 heteroatoms. The van der Waals surface area contributed by atoms with Crippen molar-refractivity contribution in [1.82, 2.24) is 9.13 Å². The molecule has 50 heavy (non-hydrogen) atoms. The van der Waals surface area contributed by atoms with E-state index in [1.807, 2.05) is 12.2 Å². The average molecular weight is 639 g/mol. The first-order valence-corrected chi connectivity index (χ1v) is 17.1. The second kappa shape index (κ2) is 12.4. The highest BCUT2D eigenvalue weighted by Crippen LogP contribution is 2.36. The summed E-state index contributed by atoms with van der Waals surface area (Å²) in [6, 6.07) is 63.6. The minimum atomic E-state index is 1.12. The zero-order valence-corrected chi connectivity index (χ0v) is 27.6. The molecule has 0 fully saturated rings. The molecule has 0 aliphatic carbocycles. The Hall–Kier alpha value is -6.64. The van der Waals surface area contributed by atoms with E-state index in [-0.39, 0.29) is 0 Å². The average Bonchev–Trinajstić information content (AvgIpc) is 3.73. The molecule has 0 aliphatic heterocycles. The van der Waals surface area contributed by atoms with E-state index in [1.165, 1.54) is 66.1 Å². The van der Waals surface area contributed by atoms with E-state index in [1.54, 1.807) is 0 Å². The van der Waals surface area contributed by atoms with Gasteiger partial charge in [-0.25, -0.2) is 0 Å². The van der Waals surface area contributed by atoms with E-state index in [4.69, 9.17) is 0 Å². The van der Waals surface area contributed by atoms with Crippen molar-refractivity contribution in [2.45, 2.75) is 0 Å². The molecule has 0 unspecified atom stereocenters. The molecule has 0 radical (unpaired) electrons. The van der Waals surface area contributed by atoms with Gasteiger partial charge in [-0.1, -0.05) is 128 Å². The smallest absolute Gasteiger partial charge is 0.0541 e. The summed E-state index contributed by atoms with van der Waals surface area (Å²) in [6.45, 7) is 3.88. The van der Waals surface area contributed by atoms with Crippen LogP contribution in [0.25, 0.3) is 83.5 Å². The van der Waals surface area contributed by atoms with E-state index in [0.717, 1.165) is 17.1 Å². The molecule has 0 bridgehead atoms. The van der Waals surface area contributed by atoms with Gasteiger partial charge in [0.05, 0.1) is 16.6 Å². The highest BCUT2D eigenvalue weighted by Gasteiger charge is 2.13. The molecule has 0 atom stereocenters. The summed E-state index contributed by atoms with van der Waals surface area (Å²) < 4.78 is 4.68. The number of aromatic nitrogens is 2. The predicted octanol–water partition coefficient (Wildman–Crippen LogP) is 12.9. The highest BCUT2D eigenvalue weighted by molar-refractivity contribution is 6.09. The minimum absolute atomic E-state index is 1.12. The fourth-order valence-corrected chi connectivity index (χ4v) is 7.32. The Kier molecular flexibility index (Phi) is 7.33. The standard InChI is InChI=1S/C48H34N2/c1-2-3-16-43-33-37-15-7-10-19-46(37)49(43)41-26-22-35(23-27-41)39-30-38(34-13-5-4-6-14-34)31-40(32-39)36-24-28-42(29-25-36)50-47-20-11-8-17-44(47)45-18-9-12-21-48(45)50/h2-33H,1H2/b16-3-. The molecule has 0 amide bonds. The molecule has 9 rings (SSSR count). The number of benzene rings is 7. The number of allylic oxidation sites excluding steroid dienone is 2. The van der Waals surface area contributed by atoms with E-state index in [2.05, 4.69) is 198 Å². The topological polar surface area (TPSA) is 9.86 Å². The summed E-state index contributed by atoms with van der Waals surface area (Å²) in [6.07, 6.45) is 5.93. The Morgan fingerprint density at radius 2 is 0.840 bits per heavy atom. The van der Waals surface area contributed by atoms with Gasteiger partial charge in [0.1, 0.15) is 0 Å². The number of hydrogen-bond donors (Lipinski definition) is 0. The monoisotopic (exact) mass is 638 g/mol. The Morgan fingerprint density at radius 1 is 0.380 bits per heavy atom. The van der Waals surface area contributed by atoms with E-state index < -0.39 is 0 Å². The predicted molar refractivity (Wildman–Crippen MR) is 213 cm³/mol. The van der Waals surface area contributed by atoms with Crippen LogP contribution in [-0.4, -0.2) is 9.13 Å². The van der Waals surface area contributed by atoms with Gasteiger partial charge in [-0.3, -0.25) is 0 Å². The molecular weight excluding hydrogens is 605 g/mol. The number of fused-ring (bicyclic) bond motifs is 4. The molecule has 2 aromatic heterocycles. The van der Waals surface area contributed by atoms with E-state index in [9.17, 15) is 0 Å². The third-order valence-electron chi connectivity index (χ3n) is 9.68. The van der Waals surface area contributed by atoms with Crippen LogP contribution >= 0.6 is 0 Å². The van der Waals surface area contributed by atoms with Crippen molar-refractivity contribution in [1.29, 1.82) is 0 Å². The van der Waals surface area contributed by atoms with Gasteiger partial charge in [0.15, 0.2) is 0 Å². The van der Waals surface area contributed by atoms with Crippen LogP contribution in [0.4, 0.5) is 0 Å². The van der Waals surface area contributed by atoms with Crippen molar-refractivity contribution >= 4 is 38.8 Å². The van der Waals surface area contributed by atoms with Crippen molar-refractivity contribution in [3.63, 3.8) is 0 Å². The number of rotatable bonds is 7. The molecule has 0 N–H and O–H groups in total. The van der Waals surface area contributed by atoms with Gasteiger partial charge in [0.25, 0.3) is 0 Å². The summed E-state index contributed by atoms with van der Waals surface area (Å²) in [4.78, 5) is 0. The van der Waals surface area contributed by atoms with Crippen LogP contribution in [0.2, 0.25) is 0 Å². The molecule has 2 nitrogen and oxygen atoms in total. The first-order chi connectivity index (χ1) is 24.7. The first-order valence-electron chi connectivity index (χ1n) is 17.1. The third kappa shape index (κ3) is 5.15. The lowest BCUT2D eigenvalue weighted by Crippen LogP contribution is -1.96. The molecule has 236 valence electrons. The Morgan fingerprint density at radius 3 is 1.40 bits per heavy atom. The second-order valence-corrected chi connectivity index (χ2v) is 12.7. The SMILES string of the molecule is C=C/C=C\c1cc2ccccc2n1-c1ccc(-c2cc(-c3ccccc3)cc(-c3ccc(-n4c5ccccc5c5ccccc54)cc3)c2)cc1. The maximum atomic E-state index is 3.88. The number of nitrogens with zero attached hydrogens (tertiary/aromatic N) is 2. The molecule has 0 saturated heterocycles. The normalized spacial score (nSPS) is 11.6. The van der Waals surface area contributed by atoms with Crippen molar-refractivity contribution < 1.29 is 0 Å². The maximum absolute atomic E-state index is 3.88. The fourth-order valence-electron chi connectivity index (χ4n) is 7.32. The lowest BCUT2D eigenvalue weighted by atomic mass is 9.93. The molecule has 0 saturated carbocycles. The summed E-state index contributed by atoms with van der Waals surface area (Å²) in [5.74, 6) is 0. The van der Waals surface area contributed by atoms with Gasteiger partial charge >= 0.3 is 0 Å². The maximum Gasteiger partial charge on any atom is 0.0541 e. The summed E-state index contributed by atoms with van der Waals surface area (Å²) in [5, 5.41) is 3.75. The molecule has 2 heterocycles. The largest absolute Gasteiger partial charge is 0.310 e. The fraction of sp³-hybridized carbons (Fsp3) is 0. The minimum Gasteiger partial charge on any atom is -0.310 e. The molecule has 7 aromatic carbocycles. The summed E-state index contributed by atoms with van der Waals surface area (Å²) >= 11 is 0. The van der Waals surface area contributed by atoms with Crippen LogP contribution in [0.1, 0.15) is 5.69 Å². The van der Waals surface area contributed by atoms with Crippen molar-refractivity contribution in [2.24, 2.45) is 0 Å². The summed E-state index contributed by atoms with van der Waals surface area (Å²) in [5.41, 5.74) is 14.1. The van der Waals surface area contributed by atoms with Crippen LogP contribution in [0.3, 0.4) is 0 Å². The van der Waals surface area contributed by atoms with Crippen LogP contribution in [0.5, 0.6) is 0 Å². The van der Waals surface area contributed by atoms with Crippen LogP contribution in [0.15, 0.2) is 195 Å². The molecule has 0 spiro atoms. The Balaban J connectivity index is 1.13. The molecular formula is C48H34N2. The van der Waals surface area contributed by atoms with Gasteiger partial charge in [-0.05, 0) is 106 Å². The van der Waals surface area contributed by atoms with Crippen molar-refractivity contribution in [2.75, 3.05) is 0 Å². The lowest BCUT2D eigenvalue weighted by molar-refractivity contribution is 1.11. The van der Waals surface area contributed by atoms with Crippen LogP contribution in [-0.2, 0) is 0 Å². The second-order valence-electron chi connectivity index (χ2n) is 12.7. The quantitative estimate of drug-likeness (QED) is 0.154. The zero-order valence-electron chi connectivity index (χ0n) is 27.6.